The van der Waals surface area contributed by atoms with Gasteiger partial charge in [0.1, 0.15) is 22.9 Å². The molecule has 0 saturated heterocycles. The lowest BCUT2D eigenvalue weighted by Gasteiger charge is -2.06. The highest BCUT2D eigenvalue weighted by molar-refractivity contribution is 5.83. The summed E-state index contributed by atoms with van der Waals surface area (Å²) in [5, 5.41) is 19.8. The molecular weight excluding hydrogens is 228 g/mol. The summed E-state index contributed by atoms with van der Waals surface area (Å²) in [5.74, 6) is 0.591. The second kappa shape index (κ2) is 3.77. The number of fused-ring (bicyclic) bond motifs is 1. The van der Waals surface area contributed by atoms with E-state index in [0.29, 0.717) is 11.4 Å². The van der Waals surface area contributed by atoms with Crippen LogP contribution in [0.4, 0.5) is 0 Å². The molecule has 90 valence electrons. The number of phenolic OH excluding ortho intramolecular Hbond substituents is 2. The van der Waals surface area contributed by atoms with Crippen LogP contribution in [0.3, 0.4) is 0 Å². The van der Waals surface area contributed by atoms with Crippen LogP contribution in [-0.2, 0) is 7.05 Å². The van der Waals surface area contributed by atoms with Crippen molar-refractivity contribution in [2.24, 2.45) is 7.05 Å². The first kappa shape index (κ1) is 10.7. The van der Waals surface area contributed by atoms with Gasteiger partial charge in [-0.2, -0.15) is 0 Å². The van der Waals surface area contributed by atoms with E-state index in [-0.39, 0.29) is 11.5 Å². The number of aryl methyl sites for hydroxylation is 1. The topological polar surface area (TPSA) is 58.3 Å². The smallest absolute Gasteiger partial charge is 0.148 e. The van der Waals surface area contributed by atoms with Crippen LogP contribution >= 0.6 is 0 Å². The number of hydrogen-bond donors (Lipinski definition) is 2. The first-order valence-corrected chi connectivity index (χ1v) is 5.61. The molecule has 4 heteroatoms. The van der Waals surface area contributed by atoms with E-state index >= 15 is 0 Å². The van der Waals surface area contributed by atoms with Gasteiger partial charge in [0.15, 0.2) is 0 Å². The second-order valence-electron chi connectivity index (χ2n) is 4.15. The third-order valence-electron chi connectivity index (χ3n) is 3.03. The third-order valence-corrected chi connectivity index (χ3v) is 3.03. The fourth-order valence-corrected chi connectivity index (χ4v) is 2.13. The monoisotopic (exact) mass is 240 g/mol. The lowest BCUT2D eigenvalue weighted by atomic mass is 10.1. The Morgan fingerprint density at radius 3 is 2.28 bits per heavy atom. The quantitative estimate of drug-likeness (QED) is 0.687. The lowest BCUT2D eigenvalue weighted by Crippen LogP contribution is -1.93. The van der Waals surface area contributed by atoms with Gasteiger partial charge in [-0.1, -0.05) is 18.2 Å². The van der Waals surface area contributed by atoms with Gasteiger partial charge < -0.3 is 14.8 Å². The normalized spacial score (nSPS) is 10.9. The molecule has 18 heavy (non-hydrogen) atoms. The minimum absolute atomic E-state index is 0.0217. The zero-order chi connectivity index (χ0) is 12.7. The average Bonchev–Trinajstić information content (AvgIpc) is 2.68. The summed E-state index contributed by atoms with van der Waals surface area (Å²) in [5.41, 5.74) is 2.14. The zero-order valence-electron chi connectivity index (χ0n) is 9.83. The molecule has 3 rings (SSSR count). The molecule has 1 heterocycles. The van der Waals surface area contributed by atoms with Crippen molar-refractivity contribution in [2.45, 2.75) is 0 Å². The van der Waals surface area contributed by atoms with E-state index in [1.165, 1.54) is 12.1 Å². The molecule has 3 aromatic rings. The van der Waals surface area contributed by atoms with Crippen molar-refractivity contribution in [1.29, 1.82) is 0 Å². The standard InChI is InChI=1S/C14H12N2O2/c1-16-10-6-3-2-5-9(10)15-14(16)13-11(17)7-4-8-12(13)18/h2-8,17-18H,1H3. The Hall–Kier alpha value is -2.49. The molecule has 0 atom stereocenters. The maximum Gasteiger partial charge on any atom is 0.148 e. The summed E-state index contributed by atoms with van der Waals surface area (Å²) in [4.78, 5) is 4.45. The second-order valence-corrected chi connectivity index (χ2v) is 4.15. The molecule has 0 saturated carbocycles. The number of imidazole rings is 1. The van der Waals surface area contributed by atoms with Crippen molar-refractivity contribution in [2.75, 3.05) is 0 Å². The first-order valence-electron chi connectivity index (χ1n) is 5.61. The van der Waals surface area contributed by atoms with E-state index in [4.69, 9.17) is 0 Å². The van der Waals surface area contributed by atoms with E-state index in [0.717, 1.165) is 11.0 Å². The Labute approximate surface area is 104 Å². The highest BCUT2D eigenvalue weighted by Gasteiger charge is 2.16. The Kier molecular flexibility index (Phi) is 2.23. The minimum atomic E-state index is 0.0217. The summed E-state index contributed by atoms with van der Waals surface area (Å²) in [7, 11) is 1.86. The van der Waals surface area contributed by atoms with Crippen LogP contribution in [0.2, 0.25) is 0 Å². The van der Waals surface area contributed by atoms with E-state index in [2.05, 4.69) is 4.98 Å². The number of para-hydroxylation sites is 2. The van der Waals surface area contributed by atoms with Crippen LogP contribution in [-0.4, -0.2) is 19.8 Å². The van der Waals surface area contributed by atoms with Crippen molar-refractivity contribution in [3.05, 3.63) is 42.5 Å². The van der Waals surface area contributed by atoms with Crippen molar-refractivity contribution >= 4 is 11.0 Å². The fraction of sp³-hybridized carbons (Fsp3) is 0.0714. The largest absolute Gasteiger partial charge is 0.507 e. The minimum Gasteiger partial charge on any atom is -0.507 e. The van der Waals surface area contributed by atoms with E-state index in [1.54, 1.807) is 6.07 Å². The highest BCUT2D eigenvalue weighted by Crippen LogP contribution is 2.37. The number of rotatable bonds is 1. The predicted molar refractivity (Wildman–Crippen MR) is 69.5 cm³/mol. The van der Waals surface area contributed by atoms with Gasteiger partial charge in [-0.15, -0.1) is 0 Å². The van der Waals surface area contributed by atoms with Crippen LogP contribution in [0.5, 0.6) is 11.5 Å². The molecule has 1 aromatic heterocycles. The Bertz CT molecular complexity index is 711. The van der Waals surface area contributed by atoms with Crippen LogP contribution in [0.1, 0.15) is 0 Å². The molecule has 0 bridgehead atoms. The summed E-state index contributed by atoms with van der Waals surface area (Å²) in [6.07, 6.45) is 0. The molecule has 0 fully saturated rings. The molecule has 0 radical (unpaired) electrons. The van der Waals surface area contributed by atoms with Crippen LogP contribution in [0.15, 0.2) is 42.5 Å². The molecule has 0 aliphatic carbocycles. The van der Waals surface area contributed by atoms with Gasteiger partial charge in [0.2, 0.25) is 0 Å². The molecule has 2 aromatic carbocycles. The summed E-state index contributed by atoms with van der Waals surface area (Å²) in [6, 6.07) is 12.3. The SMILES string of the molecule is Cn1c(-c2c(O)cccc2O)nc2ccccc21. The van der Waals surface area contributed by atoms with Crippen molar-refractivity contribution in [1.82, 2.24) is 9.55 Å². The number of phenols is 2. The van der Waals surface area contributed by atoms with Gasteiger partial charge in [0.25, 0.3) is 0 Å². The molecule has 4 nitrogen and oxygen atoms in total. The molecule has 2 N–H and O–H groups in total. The average molecular weight is 240 g/mol. The zero-order valence-corrected chi connectivity index (χ0v) is 9.83. The van der Waals surface area contributed by atoms with Gasteiger partial charge in [-0.25, -0.2) is 4.98 Å². The van der Waals surface area contributed by atoms with E-state index < -0.39 is 0 Å². The van der Waals surface area contributed by atoms with Gasteiger partial charge >= 0.3 is 0 Å². The summed E-state index contributed by atoms with van der Waals surface area (Å²) >= 11 is 0. The molecule has 0 spiro atoms. The maximum atomic E-state index is 9.88. The molecule has 0 aliphatic heterocycles. The van der Waals surface area contributed by atoms with Crippen molar-refractivity contribution < 1.29 is 10.2 Å². The number of benzene rings is 2. The van der Waals surface area contributed by atoms with Crippen LogP contribution < -0.4 is 0 Å². The summed E-state index contributed by atoms with van der Waals surface area (Å²) < 4.78 is 1.85. The predicted octanol–water partition coefficient (Wildman–Crippen LogP) is 2.65. The number of nitrogens with zero attached hydrogens (tertiary/aromatic N) is 2. The lowest BCUT2D eigenvalue weighted by molar-refractivity contribution is 0.453. The number of aromatic nitrogens is 2. The Morgan fingerprint density at radius 2 is 1.61 bits per heavy atom. The van der Waals surface area contributed by atoms with Crippen LogP contribution in [0, 0.1) is 0 Å². The van der Waals surface area contributed by atoms with E-state index in [9.17, 15) is 10.2 Å². The third kappa shape index (κ3) is 1.43. The van der Waals surface area contributed by atoms with Gasteiger partial charge in [-0.3, -0.25) is 0 Å². The first-order chi connectivity index (χ1) is 8.68. The van der Waals surface area contributed by atoms with Crippen molar-refractivity contribution in [3.63, 3.8) is 0 Å². The Balaban J connectivity index is 2.36. The highest BCUT2D eigenvalue weighted by atomic mass is 16.3. The molecule has 0 amide bonds. The van der Waals surface area contributed by atoms with Gasteiger partial charge in [-0.05, 0) is 24.3 Å². The van der Waals surface area contributed by atoms with Gasteiger partial charge in [0.05, 0.1) is 11.0 Å². The van der Waals surface area contributed by atoms with E-state index in [1.807, 2.05) is 35.9 Å². The maximum absolute atomic E-state index is 9.88. The molecular formula is C14H12N2O2. The molecule has 0 aliphatic rings. The number of aromatic hydroxyl groups is 2. The Morgan fingerprint density at radius 1 is 0.944 bits per heavy atom. The summed E-state index contributed by atoms with van der Waals surface area (Å²) in [6.45, 7) is 0. The number of hydrogen-bond acceptors (Lipinski definition) is 3. The van der Waals surface area contributed by atoms with Crippen molar-refractivity contribution in [3.8, 4) is 22.9 Å². The van der Waals surface area contributed by atoms with Crippen LogP contribution in [0.25, 0.3) is 22.4 Å². The fourth-order valence-electron chi connectivity index (χ4n) is 2.13. The van der Waals surface area contributed by atoms with Gasteiger partial charge in [0, 0.05) is 7.05 Å². The molecule has 0 unspecified atom stereocenters.